The molecule has 1 atom stereocenters. The van der Waals surface area contributed by atoms with E-state index in [1.165, 1.54) is 0 Å². The summed E-state index contributed by atoms with van der Waals surface area (Å²) in [4.78, 5) is 4.20. The van der Waals surface area contributed by atoms with Gasteiger partial charge in [-0.3, -0.25) is 9.80 Å². The van der Waals surface area contributed by atoms with E-state index in [1.54, 1.807) is 12.1 Å². The average molecular weight is 521 g/mol. The average Bonchev–Trinajstić information content (AvgIpc) is 3.17. The molecular weight excluding hydrogens is 476 g/mol. The number of fused-ring (bicyclic) bond motifs is 4. The number of likely N-dealkylation sites (N-methyl/N-ethyl adjacent to an activating group) is 2. The molecule has 0 heterocycles. The smallest absolute Gasteiger partial charge is 0.162 e. The van der Waals surface area contributed by atoms with E-state index in [9.17, 15) is 20.4 Å². The molecule has 0 aromatic heterocycles. The first-order valence-electron chi connectivity index (χ1n) is 13.5. The zero-order valence-electron chi connectivity index (χ0n) is 24.0. The SMILES string of the molecule is C=CCN(C)Cc1c(O)c(O)cc2c1C1(CC2(C)C)CC(C)(C)c2cc(O)c(O)c(CN(C)C/C=C/C)c21. The Kier molecular flexibility index (Phi) is 7.13. The van der Waals surface area contributed by atoms with Crippen LogP contribution in [-0.4, -0.2) is 57.4 Å². The Bertz CT molecular complexity index is 1290. The molecular formula is C32H44N2O4. The normalized spacial score (nSPS) is 21.1. The first kappa shape index (κ1) is 28.1. The third-order valence-corrected chi connectivity index (χ3v) is 8.61. The van der Waals surface area contributed by atoms with E-state index >= 15 is 0 Å². The second-order valence-electron chi connectivity index (χ2n) is 12.7. The zero-order valence-corrected chi connectivity index (χ0v) is 24.0. The van der Waals surface area contributed by atoms with Crippen LogP contribution >= 0.6 is 0 Å². The highest BCUT2D eigenvalue weighted by atomic mass is 16.3. The highest BCUT2D eigenvalue weighted by Crippen LogP contribution is 2.66. The molecule has 6 heteroatoms. The van der Waals surface area contributed by atoms with Gasteiger partial charge in [0, 0.05) is 42.7 Å². The van der Waals surface area contributed by atoms with Gasteiger partial charge in [0.2, 0.25) is 0 Å². The monoisotopic (exact) mass is 520 g/mol. The molecule has 2 aliphatic carbocycles. The molecule has 1 spiro atoms. The standard InChI is InChI=1S/C32H44N2O4/c1-9-11-13-34(8)17-21-27-23(15-25(36)29(21)38)31(5,6)19-32(27)18-30(3,4)22-14-24(35)28(37)20(26(22)32)16-33(7)12-10-2/h9-11,14-15,35-38H,2,12-13,16-19H2,1,3-8H3/b11-9+. The molecule has 0 saturated carbocycles. The topological polar surface area (TPSA) is 87.4 Å². The molecule has 0 aliphatic heterocycles. The van der Waals surface area contributed by atoms with Gasteiger partial charge in [0.15, 0.2) is 23.0 Å². The quantitative estimate of drug-likeness (QED) is 0.261. The Hall–Kier alpha value is -2.96. The van der Waals surface area contributed by atoms with Crippen LogP contribution in [0.4, 0.5) is 0 Å². The second kappa shape index (κ2) is 9.65. The van der Waals surface area contributed by atoms with Crippen LogP contribution in [0, 0.1) is 0 Å². The van der Waals surface area contributed by atoms with E-state index in [0.717, 1.165) is 46.2 Å². The van der Waals surface area contributed by atoms with E-state index in [4.69, 9.17) is 0 Å². The van der Waals surface area contributed by atoms with E-state index in [2.05, 4.69) is 50.1 Å². The zero-order chi connectivity index (χ0) is 28.2. The van der Waals surface area contributed by atoms with Crippen LogP contribution < -0.4 is 0 Å². The minimum Gasteiger partial charge on any atom is -0.504 e. The van der Waals surface area contributed by atoms with Crippen molar-refractivity contribution >= 4 is 0 Å². The molecule has 6 nitrogen and oxygen atoms in total. The number of hydrogen-bond donors (Lipinski definition) is 4. The summed E-state index contributed by atoms with van der Waals surface area (Å²) in [5, 5.41) is 44.3. The number of aromatic hydroxyl groups is 4. The van der Waals surface area contributed by atoms with Crippen molar-refractivity contribution in [1.82, 2.24) is 9.80 Å². The van der Waals surface area contributed by atoms with Gasteiger partial charge >= 0.3 is 0 Å². The molecule has 2 aromatic carbocycles. The highest BCUT2D eigenvalue weighted by Gasteiger charge is 2.59. The number of phenols is 4. The first-order valence-corrected chi connectivity index (χ1v) is 13.5. The molecule has 0 radical (unpaired) electrons. The summed E-state index contributed by atoms with van der Waals surface area (Å²) in [6.45, 7) is 16.9. The fraction of sp³-hybridized carbons (Fsp3) is 0.500. The number of rotatable bonds is 8. The Morgan fingerprint density at radius 2 is 1.21 bits per heavy atom. The number of allylic oxidation sites excluding steroid dienone is 1. The molecule has 0 amide bonds. The van der Waals surface area contributed by atoms with E-state index in [-0.39, 0.29) is 33.8 Å². The minimum absolute atomic E-state index is 0.0762. The molecule has 0 bridgehead atoms. The summed E-state index contributed by atoms with van der Waals surface area (Å²) in [6, 6.07) is 3.48. The molecule has 2 aliphatic rings. The summed E-state index contributed by atoms with van der Waals surface area (Å²) in [5.41, 5.74) is 4.53. The third kappa shape index (κ3) is 4.38. The van der Waals surface area contributed by atoms with Gasteiger partial charge in [-0.1, -0.05) is 45.9 Å². The van der Waals surface area contributed by atoms with Crippen LogP contribution in [0.25, 0.3) is 0 Å². The Morgan fingerprint density at radius 1 is 0.789 bits per heavy atom. The van der Waals surface area contributed by atoms with Crippen molar-refractivity contribution in [3.05, 3.63) is 70.3 Å². The second-order valence-corrected chi connectivity index (χ2v) is 12.7. The Labute approximate surface area is 227 Å². The number of nitrogens with zero attached hydrogens (tertiary/aromatic N) is 2. The van der Waals surface area contributed by atoms with Crippen molar-refractivity contribution < 1.29 is 20.4 Å². The van der Waals surface area contributed by atoms with E-state index in [1.807, 2.05) is 33.2 Å². The lowest BCUT2D eigenvalue weighted by Gasteiger charge is -2.34. The molecule has 206 valence electrons. The van der Waals surface area contributed by atoms with Crippen LogP contribution in [0.3, 0.4) is 0 Å². The molecule has 38 heavy (non-hydrogen) atoms. The van der Waals surface area contributed by atoms with Crippen molar-refractivity contribution in [3.63, 3.8) is 0 Å². The fourth-order valence-electron chi connectivity index (χ4n) is 7.31. The minimum atomic E-state index is -0.505. The lowest BCUT2D eigenvalue weighted by molar-refractivity contribution is 0.322. The van der Waals surface area contributed by atoms with Crippen LogP contribution in [0.15, 0.2) is 36.9 Å². The van der Waals surface area contributed by atoms with Gasteiger partial charge in [0.25, 0.3) is 0 Å². The van der Waals surface area contributed by atoms with Gasteiger partial charge in [-0.2, -0.15) is 0 Å². The van der Waals surface area contributed by atoms with Gasteiger partial charge in [-0.25, -0.2) is 0 Å². The summed E-state index contributed by atoms with van der Waals surface area (Å²) in [5.74, 6) is -0.362. The largest absolute Gasteiger partial charge is 0.504 e. The molecule has 2 aromatic rings. The summed E-state index contributed by atoms with van der Waals surface area (Å²) < 4.78 is 0. The maximum absolute atomic E-state index is 11.3. The van der Waals surface area contributed by atoms with Gasteiger partial charge in [0.1, 0.15) is 0 Å². The molecule has 4 rings (SSSR count). The van der Waals surface area contributed by atoms with Crippen LogP contribution in [0.1, 0.15) is 80.8 Å². The van der Waals surface area contributed by atoms with Gasteiger partial charge in [0.05, 0.1) is 0 Å². The maximum Gasteiger partial charge on any atom is 0.162 e. The summed E-state index contributed by atoms with van der Waals surface area (Å²) in [6.07, 6.45) is 7.44. The van der Waals surface area contributed by atoms with Gasteiger partial charge < -0.3 is 20.4 Å². The van der Waals surface area contributed by atoms with Crippen molar-refractivity contribution in [2.75, 3.05) is 27.2 Å². The van der Waals surface area contributed by atoms with Crippen LogP contribution in [0.5, 0.6) is 23.0 Å². The summed E-state index contributed by atoms with van der Waals surface area (Å²) >= 11 is 0. The van der Waals surface area contributed by atoms with E-state index in [0.29, 0.717) is 26.2 Å². The summed E-state index contributed by atoms with van der Waals surface area (Å²) in [7, 11) is 3.98. The Morgan fingerprint density at radius 3 is 1.61 bits per heavy atom. The van der Waals surface area contributed by atoms with Gasteiger partial charge in [-0.05, 0) is 79.1 Å². The van der Waals surface area contributed by atoms with Crippen molar-refractivity contribution in [2.45, 2.75) is 76.8 Å². The molecule has 0 fully saturated rings. The third-order valence-electron chi connectivity index (χ3n) is 8.61. The molecule has 1 unspecified atom stereocenters. The lowest BCUT2D eigenvalue weighted by atomic mass is 9.70. The fourth-order valence-corrected chi connectivity index (χ4v) is 7.31. The van der Waals surface area contributed by atoms with Crippen molar-refractivity contribution in [2.24, 2.45) is 0 Å². The predicted molar refractivity (Wildman–Crippen MR) is 153 cm³/mol. The van der Waals surface area contributed by atoms with E-state index < -0.39 is 5.41 Å². The Balaban J connectivity index is 2.07. The molecule has 0 saturated heterocycles. The molecule has 4 N–H and O–H groups in total. The van der Waals surface area contributed by atoms with Gasteiger partial charge in [-0.15, -0.1) is 6.58 Å². The van der Waals surface area contributed by atoms with Crippen molar-refractivity contribution in [1.29, 1.82) is 0 Å². The number of phenolic OH excluding ortho intramolecular Hbond substituents is 4. The maximum atomic E-state index is 11.3. The lowest BCUT2D eigenvalue weighted by Crippen LogP contribution is -2.30. The predicted octanol–water partition coefficient (Wildman–Crippen LogP) is 5.78. The van der Waals surface area contributed by atoms with Crippen LogP contribution in [-0.2, 0) is 29.3 Å². The highest BCUT2D eigenvalue weighted by molar-refractivity contribution is 5.70. The number of benzene rings is 2. The first-order chi connectivity index (χ1) is 17.7. The number of hydrogen-bond acceptors (Lipinski definition) is 6. The van der Waals surface area contributed by atoms with Crippen molar-refractivity contribution in [3.8, 4) is 23.0 Å². The van der Waals surface area contributed by atoms with Crippen LogP contribution in [0.2, 0.25) is 0 Å².